The van der Waals surface area contributed by atoms with Crippen LogP contribution >= 0.6 is 11.6 Å². The zero-order chi connectivity index (χ0) is 10.8. The molecular formula is C9H5ClFN3O. The molecule has 0 aliphatic carbocycles. The van der Waals surface area contributed by atoms with Gasteiger partial charge in [0.2, 0.25) is 0 Å². The molecule has 0 aliphatic heterocycles. The molecule has 0 spiro atoms. The average molecular weight is 226 g/mol. The lowest BCUT2D eigenvalue weighted by Gasteiger charge is -2.04. The molecule has 6 heteroatoms. The van der Waals surface area contributed by atoms with Crippen LogP contribution in [-0.4, -0.2) is 20.2 Å². The lowest BCUT2D eigenvalue weighted by Crippen LogP contribution is -2.05. The van der Waals surface area contributed by atoms with Gasteiger partial charge in [-0.1, -0.05) is 0 Å². The molecule has 0 amide bonds. The van der Waals surface area contributed by atoms with Gasteiger partial charge in [0, 0.05) is 6.07 Å². The van der Waals surface area contributed by atoms with Crippen molar-refractivity contribution < 1.29 is 9.18 Å². The normalized spacial score (nSPS) is 10.3. The lowest BCUT2D eigenvalue weighted by atomic mass is 10.2. The molecule has 2 aromatic rings. The highest BCUT2D eigenvalue weighted by atomic mass is 35.5. The van der Waals surface area contributed by atoms with Crippen LogP contribution in [0.15, 0.2) is 30.6 Å². The molecule has 0 saturated carbocycles. The van der Waals surface area contributed by atoms with E-state index in [4.69, 9.17) is 11.6 Å². The third kappa shape index (κ3) is 1.87. The van der Waals surface area contributed by atoms with Crippen molar-refractivity contribution in [3.05, 3.63) is 42.0 Å². The number of hydrogen-bond donors (Lipinski definition) is 0. The van der Waals surface area contributed by atoms with Gasteiger partial charge in [-0.3, -0.25) is 4.79 Å². The van der Waals surface area contributed by atoms with Gasteiger partial charge in [0.05, 0.1) is 18.0 Å². The highest BCUT2D eigenvalue weighted by molar-refractivity contribution is 6.68. The van der Waals surface area contributed by atoms with Crippen LogP contribution < -0.4 is 0 Å². The van der Waals surface area contributed by atoms with Crippen LogP contribution in [0.3, 0.4) is 0 Å². The second-order valence-corrected chi connectivity index (χ2v) is 3.10. The molecule has 1 heterocycles. The summed E-state index contributed by atoms with van der Waals surface area (Å²) in [6.45, 7) is 0. The fraction of sp³-hybridized carbons (Fsp3) is 0. The van der Waals surface area contributed by atoms with E-state index < -0.39 is 11.1 Å². The van der Waals surface area contributed by atoms with E-state index in [0.717, 1.165) is 16.9 Å². The Kier molecular flexibility index (Phi) is 2.47. The van der Waals surface area contributed by atoms with Crippen molar-refractivity contribution >= 4 is 16.8 Å². The van der Waals surface area contributed by atoms with E-state index in [0.29, 0.717) is 0 Å². The number of aromatic nitrogens is 3. The van der Waals surface area contributed by atoms with Crippen molar-refractivity contribution in [2.45, 2.75) is 0 Å². The van der Waals surface area contributed by atoms with Crippen LogP contribution in [0.1, 0.15) is 10.4 Å². The van der Waals surface area contributed by atoms with Gasteiger partial charge in [0.15, 0.2) is 0 Å². The van der Waals surface area contributed by atoms with Crippen molar-refractivity contribution in [1.29, 1.82) is 0 Å². The number of halogens is 2. The Morgan fingerprint density at radius 3 is 2.60 bits per heavy atom. The minimum absolute atomic E-state index is 0.161. The summed E-state index contributed by atoms with van der Waals surface area (Å²) in [6.07, 6.45) is 2.85. The van der Waals surface area contributed by atoms with E-state index in [1.165, 1.54) is 18.5 Å². The number of hydrogen-bond acceptors (Lipinski definition) is 3. The Morgan fingerprint density at radius 1 is 1.33 bits per heavy atom. The molecule has 0 N–H and O–H groups in total. The van der Waals surface area contributed by atoms with Crippen LogP contribution in [-0.2, 0) is 0 Å². The Bertz CT molecular complexity index is 498. The molecule has 0 radical (unpaired) electrons. The highest BCUT2D eigenvalue weighted by Crippen LogP contribution is 2.16. The van der Waals surface area contributed by atoms with Crippen molar-refractivity contribution in [2.24, 2.45) is 0 Å². The van der Waals surface area contributed by atoms with E-state index in [1.54, 1.807) is 0 Å². The largest absolute Gasteiger partial charge is 0.276 e. The summed E-state index contributed by atoms with van der Waals surface area (Å²) in [7, 11) is 0. The van der Waals surface area contributed by atoms with Crippen LogP contribution in [0.25, 0.3) is 5.69 Å². The minimum atomic E-state index is -0.678. The molecular weight excluding hydrogens is 221 g/mol. The molecule has 4 nitrogen and oxygen atoms in total. The first-order chi connectivity index (χ1) is 7.18. The number of rotatable bonds is 2. The first-order valence-electron chi connectivity index (χ1n) is 4.04. The standard InChI is InChI=1S/C9H5ClFN3O/c10-9(15)7-2-1-6(11)5-8(7)14-12-3-4-13-14/h1-5H. The third-order valence-electron chi connectivity index (χ3n) is 1.81. The molecule has 1 aromatic heterocycles. The van der Waals surface area contributed by atoms with Crippen LogP contribution in [0.5, 0.6) is 0 Å². The second kappa shape index (κ2) is 3.78. The Balaban J connectivity index is 2.63. The Hall–Kier alpha value is -1.75. The maximum atomic E-state index is 13.0. The van der Waals surface area contributed by atoms with Gasteiger partial charge < -0.3 is 0 Å². The van der Waals surface area contributed by atoms with E-state index in [1.807, 2.05) is 0 Å². The second-order valence-electron chi connectivity index (χ2n) is 2.75. The summed E-state index contributed by atoms with van der Waals surface area (Å²) < 4.78 is 13.0. The van der Waals surface area contributed by atoms with Crippen LogP contribution in [0, 0.1) is 5.82 Å². The zero-order valence-electron chi connectivity index (χ0n) is 7.39. The topological polar surface area (TPSA) is 47.8 Å². The number of nitrogens with zero attached hydrogens (tertiary/aromatic N) is 3. The molecule has 0 bridgehead atoms. The summed E-state index contributed by atoms with van der Waals surface area (Å²) in [5.41, 5.74) is 0.384. The van der Waals surface area contributed by atoms with Crippen molar-refractivity contribution in [1.82, 2.24) is 15.0 Å². The molecule has 0 saturated heterocycles. The quantitative estimate of drug-likeness (QED) is 0.732. The summed E-state index contributed by atoms with van der Waals surface area (Å²) in [4.78, 5) is 12.2. The molecule has 1 aromatic carbocycles. The lowest BCUT2D eigenvalue weighted by molar-refractivity contribution is 0.108. The summed E-state index contributed by atoms with van der Waals surface area (Å²) in [6, 6.07) is 3.60. The van der Waals surface area contributed by atoms with Gasteiger partial charge in [-0.15, -0.1) is 0 Å². The average Bonchev–Trinajstić information content (AvgIpc) is 2.69. The minimum Gasteiger partial charge on any atom is -0.276 e. The molecule has 0 fully saturated rings. The Morgan fingerprint density at radius 2 is 2.00 bits per heavy atom. The fourth-order valence-corrected chi connectivity index (χ4v) is 1.34. The van der Waals surface area contributed by atoms with E-state index in [2.05, 4.69) is 10.2 Å². The first-order valence-corrected chi connectivity index (χ1v) is 4.42. The summed E-state index contributed by atoms with van der Waals surface area (Å²) >= 11 is 5.35. The number of carbonyl (C=O) groups excluding carboxylic acids is 1. The van der Waals surface area contributed by atoms with E-state index in [-0.39, 0.29) is 11.3 Å². The molecule has 0 aliphatic rings. The summed E-state index contributed by atoms with van der Waals surface area (Å²) in [5, 5.41) is 6.92. The molecule has 2 rings (SSSR count). The Labute approximate surface area is 89.3 Å². The van der Waals surface area contributed by atoms with Crippen molar-refractivity contribution in [3.8, 4) is 5.69 Å². The molecule has 0 atom stereocenters. The number of carbonyl (C=O) groups is 1. The third-order valence-corrected chi connectivity index (χ3v) is 2.01. The van der Waals surface area contributed by atoms with Crippen molar-refractivity contribution in [3.63, 3.8) is 0 Å². The SMILES string of the molecule is O=C(Cl)c1ccc(F)cc1-n1nccn1. The fourth-order valence-electron chi connectivity index (χ4n) is 1.18. The number of benzene rings is 1. The smallest absolute Gasteiger partial charge is 0.254 e. The van der Waals surface area contributed by atoms with Gasteiger partial charge in [0.25, 0.3) is 5.24 Å². The monoisotopic (exact) mass is 225 g/mol. The van der Waals surface area contributed by atoms with Crippen molar-refractivity contribution in [2.75, 3.05) is 0 Å². The van der Waals surface area contributed by atoms with E-state index >= 15 is 0 Å². The molecule has 76 valence electrons. The van der Waals surface area contributed by atoms with Gasteiger partial charge >= 0.3 is 0 Å². The maximum Gasteiger partial charge on any atom is 0.254 e. The van der Waals surface area contributed by atoms with Gasteiger partial charge in [0.1, 0.15) is 11.5 Å². The molecule has 0 unspecified atom stereocenters. The van der Waals surface area contributed by atoms with Crippen LogP contribution in [0.2, 0.25) is 0 Å². The highest BCUT2D eigenvalue weighted by Gasteiger charge is 2.12. The predicted molar refractivity (Wildman–Crippen MR) is 51.5 cm³/mol. The summed E-state index contributed by atoms with van der Waals surface area (Å²) in [5.74, 6) is -0.482. The predicted octanol–water partition coefficient (Wildman–Crippen LogP) is 1.79. The first kappa shape index (κ1) is 9.79. The van der Waals surface area contributed by atoms with E-state index in [9.17, 15) is 9.18 Å². The van der Waals surface area contributed by atoms with Gasteiger partial charge in [-0.05, 0) is 23.7 Å². The van der Waals surface area contributed by atoms with Gasteiger partial charge in [-0.25, -0.2) is 4.39 Å². The van der Waals surface area contributed by atoms with Gasteiger partial charge in [-0.2, -0.15) is 15.0 Å². The maximum absolute atomic E-state index is 13.0. The zero-order valence-corrected chi connectivity index (χ0v) is 8.15. The molecule has 15 heavy (non-hydrogen) atoms. The van der Waals surface area contributed by atoms with Crippen LogP contribution in [0.4, 0.5) is 4.39 Å².